The van der Waals surface area contributed by atoms with Gasteiger partial charge < -0.3 is 9.32 Å². The maximum absolute atomic E-state index is 5.53. The Bertz CT molecular complexity index is 1850. The fraction of sp³-hybridized carbons (Fsp3) is 0.128. The van der Waals surface area contributed by atoms with Crippen LogP contribution in [0.1, 0.15) is 40.5 Å². The van der Waals surface area contributed by atoms with E-state index in [2.05, 4.69) is 132 Å². The number of aryl methyl sites for hydroxylation is 1. The van der Waals surface area contributed by atoms with Crippen molar-refractivity contribution in [3.8, 4) is 0 Å². The summed E-state index contributed by atoms with van der Waals surface area (Å²) in [7, 11) is 0. The first-order valence-electron chi connectivity index (χ1n) is 15.1. The molecule has 5 heteroatoms. The average Bonchev–Trinajstić information content (AvgIpc) is 3.75. The second-order valence-electron chi connectivity index (χ2n) is 11.2. The summed E-state index contributed by atoms with van der Waals surface area (Å²) >= 11 is 0. The minimum Gasteiger partial charge on any atom is -0.465 e. The van der Waals surface area contributed by atoms with E-state index in [1.807, 2.05) is 24.3 Å². The lowest BCUT2D eigenvalue weighted by Gasteiger charge is -2.27. The molecule has 0 aliphatic carbocycles. The smallest absolute Gasteiger partial charge is 0.150 e. The van der Waals surface area contributed by atoms with Crippen LogP contribution in [0.5, 0.6) is 0 Å². The quantitative estimate of drug-likeness (QED) is 0.173. The third-order valence-corrected chi connectivity index (χ3v) is 8.14. The maximum Gasteiger partial charge on any atom is 0.150 e. The van der Waals surface area contributed by atoms with Gasteiger partial charge in [0, 0.05) is 30.6 Å². The number of para-hydroxylation sites is 1. The van der Waals surface area contributed by atoms with Crippen LogP contribution in [0.25, 0.3) is 17.0 Å². The van der Waals surface area contributed by atoms with Crippen LogP contribution in [0.2, 0.25) is 0 Å². The number of pyridine rings is 1. The van der Waals surface area contributed by atoms with Gasteiger partial charge in [0.2, 0.25) is 0 Å². The molecular formula is C39H34N4O. The van der Waals surface area contributed by atoms with Crippen LogP contribution in [0.3, 0.4) is 0 Å². The molecule has 1 aliphatic heterocycles. The number of fused-ring (bicyclic) bond motifs is 1. The summed E-state index contributed by atoms with van der Waals surface area (Å²) in [6.07, 6.45) is 6.48. The summed E-state index contributed by atoms with van der Waals surface area (Å²) in [4.78, 5) is 7.48. The molecule has 1 atom stereocenters. The molecule has 44 heavy (non-hydrogen) atoms. The zero-order valence-electron chi connectivity index (χ0n) is 24.8. The molecule has 5 nitrogen and oxygen atoms in total. The zero-order valence-corrected chi connectivity index (χ0v) is 24.8. The minimum absolute atomic E-state index is 0.0186. The molecule has 1 unspecified atom stereocenters. The molecule has 0 N–H and O–H groups in total. The lowest BCUT2D eigenvalue weighted by Crippen LogP contribution is -2.23. The van der Waals surface area contributed by atoms with Gasteiger partial charge in [-0.2, -0.15) is 5.10 Å². The van der Waals surface area contributed by atoms with Gasteiger partial charge in [0.25, 0.3) is 0 Å². The Labute approximate surface area is 258 Å². The summed E-state index contributed by atoms with van der Waals surface area (Å²) in [5, 5.41) is 8.33. The van der Waals surface area contributed by atoms with Gasteiger partial charge >= 0.3 is 0 Å². The molecule has 0 saturated heterocycles. The number of aromatic nitrogens is 1. The predicted octanol–water partition coefficient (Wildman–Crippen LogP) is 9.36. The van der Waals surface area contributed by atoms with Crippen LogP contribution in [0.4, 0.5) is 11.5 Å². The van der Waals surface area contributed by atoms with Gasteiger partial charge in [-0.25, -0.2) is 9.99 Å². The van der Waals surface area contributed by atoms with Crippen LogP contribution >= 0.6 is 0 Å². The number of nitrogens with zero attached hydrogens (tertiary/aromatic N) is 4. The largest absolute Gasteiger partial charge is 0.465 e. The lowest BCUT2D eigenvalue weighted by atomic mass is 10.0. The van der Waals surface area contributed by atoms with E-state index in [9.17, 15) is 0 Å². The number of hydrazone groups is 1. The number of rotatable bonds is 9. The Balaban J connectivity index is 1.21. The first kappa shape index (κ1) is 27.4. The molecule has 3 heterocycles. The van der Waals surface area contributed by atoms with E-state index in [1.54, 1.807) is 6.26 Å². The first-order chi connectivity index (χ1) is 21.7. The third kappa shape index (κ3) is 6.04. The predicted molar refractivity (Wildman–Crippen MR) is 181 cm³/mol. The second kappa shape index (κ2) is 12.4. The van der Waals surface area contributed by atoms with Crippen LogP contribution in [-0.4, -0.2) is 10.7 Å². The minimum atomic E-state index is 0.0186. The number of allylic oxidation sites excluding steroid dienone is 1. The first-order valence-corrected chi connectivity index (χ1v) is 15.1. The van der Waals surface area contributed by atoms with Crippen molar-refractivity contribution in [3.05, 3.63) is 168 Å². The van der Waals surface area contributed by atoms with Crippen molar-refractivity contribution >= 4 is 34.2 Å². The Morgan fingerprint density at radius 1 is 0.773 bits per heavy atom. The van der Waals surface area contributed by atoms with E-state index >= 15 is 0 Å². The Hall–Kier alpha value is -5.42. The molecule has 1 aliphatic rings. The second-order valence-corrected chi connectivity index (χ2v) is 11.2. The van der Waals surface area contributed by atoms with Gasteiger partial charge in [0.15, 0.2) is 0 Å². The maximum atomic E-state index is 5.53. The summed E-state index contributed by atoms with van der Waals surface area (Å²) in [6.45, 7) is 3.80. The molecule has 0 saturated carbocycles. The van der Waals surface area contributed by atoms with Crippen molar-refractivity contribution in [1.29, 1.82) is 0 Å². The number of hydrogen-bond donors (Lipinski definition) is 0. The van der Waals surface area contributed by atoms with Crippen molar-refractivity contribution in [3.63, 3.8) is 0 Å². The number of anilines is 2. The Morgan fingerprint density at radius 3 is 2.14 bits per heavy atom. The highest BCUT2D eigenvalue weighted by molar-refractivity contribution is 6.01. The van der Waals surface area contributed by atoms with Crippen molar-refractivity contribution < 1.29 is 4.42 Å². The van der Waals surface area contributed by atoms with E-state index in [0.29, 0.717) is 0 Å². The normalized spacial score (nSPS) is 14.8. The van der Waals surface area contributed by atoms with E-state index in [1.165, 1.54) is 27.9 Å². The molecule has 4 aromatic carbocycles. The van der Waals surface area contributed by atoms with E-state index in [0.717, 1.165) is 47.7 Å². The van der Waals surface area contributed by atoms with Gasteiger partial charge in [-0.05, 0) is 77.7 Å². The molecule has 2 aromatic heterocycles. The van der Waals surface area contributed by atoms with E-state index in [-0.39, 0.29) is 6.04 Å². The molecule has 0 amide bonds. The van der Waals surface area contributed by atoms with Gasteiger partial charge in [0.05, 0.1) is 23.5 Å². The summed E-state index contributed by atoms with van der Waals surface area (Å²) < 4.78 is 5.53. The third-order valence-electron chi connectivity index (χ3n) is 8.14. The topological polar surface area (TPSA) is 44.9 Å². The highest BCUT2D eigenvalue weighted by atomic mass is 16.3. The van der Waals surface area contributed by atoms with Gasteiger partial charge in [-0.3, -0.25) is 0 Å². The number of hydrogen-bond acceptors (Lipinski definition) is 5. The molecule has 0 spiro atoms. The molecule has 0 fully saturated rings. The van der Waals surface area contributed by atoms with Crippen LogP contribution in [-0.2, 0) is 13.1 Å². The SMILES string of the molecule is Cc1cc(N2N=C(C=Cc3ccco3)CC2c2ccc(N(Cc3ccccc3)Cc3ccccc3)cc2)nc2ccccc12. The van der Waals surface area contributed by atoms with Gasteiger partial charge in [0.1, 0.15) is 11.6 Å². The van der Waals surface area contributed by atoms with Crippen molar-refractivity contribution in [2.45, 2.75) is 32.5 Å². The molecule has 216 valence electrons. The zero-order chi connectivity index (χ0) is 29.7. The number of benzene rings is 4. The van der Waals surface area contributed by atoms with Gasteiger partial charge in [-0.1, -0.05) is 91.0 Å². The van der Waals surface area contributed by atoms with Crippen molar-refractivity contribution in [2.24, 2.45) is 5.10 Å². The van der Waals surface area contributed by atoms with E-state index < -0.39 is 0 Å². The summed E-state index contributed by atoms with van der Waals surface area (Å²) in [5.74, 6) is 1.66. The summed E-state index contributed by atoms with van der Waals surface area (Å²) in [6, 6.07) is 44.6. The standard InChI is InChI=1S/C39H34N4O/c1-29-25-39(40-37-17-9-8-16-36(29)37)43-38(26-33(41-43)20-23-35-15-10-24-44-35)32-18-21-34(22-19-32)42(27-30-11-4-2-5-12-30)28-31-13-6-3-7-14-31/h2-25,38H,26-28H2,1H3. The van der Waals surface area contributed by atoms with E-state index in [4.69, 9.17) is 14.5 Å². The average molecular weight is 575 g/mol. The molecular weight excluding hydrogens is 540 g/mol. The van der Waals surface area contributed by atoms with Gasteiger partial charge in [-0.15, -0.1) is 0 Å². The molecule has 6 aromatic rings. The molecule has 0 bridgehead atoms. The van der Waals surface area contributed by atoms with Crippen LogP contribution < -0.4 is 9.91 Å². The monoisotopic (exact) mass is 574 g/mol. The molecule has 7 rings (SSSR count). The van der Waals surface area contributed by atoms with Crippen LogP contribution in [0, 0.1) is 6.92 Å². The van der Waals surface area contributed by atoms with Crippen LogP contribution in [0.15, 0.2) is 149 Å². The lowest BCUT2D eigenvalue weighted by molar-refractivity contribution is 0.557. The molecule has 0 radical (unpaired) electrons. The Morgan fingerprint density at radius 2 is 1.45 bits per heavy atom. The Kier molecular flexibility index (Phi) is 7.75. The fourth-order valence-electron chi connectivity index (χ4n) is 5.87. The summed E-state index contributed by atoms with van der Waals surface area (Å²) in [5.41, 5.74) is 8.10. The highest BCUT2D eigenvalue weighted by Gasteiger charge is 2.30. The fourth-order valence-corrected chi connectivity index (χ4v) is 5.87. The number of furan rings is 1. The van der Waals surface area contributed by atoms with Crippen molar-refractivity contribution in [1.82, 2.24) is 4.98 Å². The van der Waals surface area contributed by atoms with Crippen molar-refractivity contribution in [2.75, 3.05) is 9.91 Å². The highest BCUT2D eigenvalue weighted by Crippen LogP contribution is 2.37.